The molecule has 1 N–H and O–H groups in total. The van der Waals surface area contributed by atoms with E-state index in [4.69, 9.17) is 0 Å². The van der Waals surface area contributed by atoms with Crippen molar-refractivity contribution in [3.63, 3.8) is 0 Å². The maximum Gasteiger partial charge on any atom is 0.416 e. The number of hydrogen-bond acceptors (Lipinski definition) is 2. The molecule has 0 aliphatic carbocycles. The zero-order valence-electron chi connectivity index (χ0n) is 13.2. The molecule has 0 aliphatic heterocycles. The van der Waals surface area contributed by atoms with Gasteiger partial charge in [-0.1, -0.05) is 49.4 Å². The summed E-state index contributed by atoms with van der Waals surface area (Å²) in [5, 5.41) is 9.38. The first-order valence-electron chi connectivity index (χ1n) is 7.41. The third-order valence-electron chi connectivity index (χ3n) is 3.73. The molecule has 6 heteroatoms. The molecule has 1 unspecified atom stereocenters. The summed E-state index contributed by atoms with van der Waals surface area (Å²) in [5.74, 6) is -2.61. The highest BCUT2D eigenvalue weighted by molar-refractivity contribution is 6.06. The fourth-order valence-electron chi connectivity index (χ4n) is 2.31. The van der Waals surface area contributed by atoms with E-state index in [1.807, 2.05) is 0 Å². The maximum absolute atomic E-state index is 12.6. The van der Waals surface area contributed by atoms with E-state index in [0.29, 0.717) is 5.56 Å². The van der Waals surface area contributed by atoms with Gasteiger partial charge in [0.1, 0.15) is 0 Å². The molecule has 3 nitrogen and oxygen atoms in total. The predicted molar refractivity (Wildman–Crippen MR) is 87.0 cm³/mol. The molecule has 0 saturated heterocycles. The lowest BCUT2D eigenvalue weighted by molar-refractivity contribution is -0.137. The summed E-state index contributed by atoms with van der Waals surface area (Å²) in [7, 11) is 0. The molecule has 25 heavy (non-hydrogen) atoms. The first-order valence-corrected chi connectivity index (χ1v) is 7.41. The Labute approximate surface area is 142 Å². The highest BCUT2D eigenvalue weighted by Crippen LogP contribution is 2.29. The van der Waals surface area contributed by atoms with Gasteiger partial charge in [-0.3, -0.25) is 4.79 Å². The first-order chi connectivity index (χ1) is 11.7. The molecule has 2 aromatic rings. The SMILES string of the molecule is CC(C(=O)c1ccccc1)/C(=C\c1ccc(C(F)(F)F)cc1)C(=O)O. The van der Waals surface area contributed by atoms with E-state index >= 15 is 0 Å². The molecule has 0 heterocycles. The van der Waals surface area contributed by atoms with Gasteiger partial charge in [-0.15, -0.1) is 0 Å². The highest BCUT2D eigenvalue weighted by atomic mass is 19.4. The van der Waals surface area contributed by atoms with E-state index in [0.717, 1.165) is 12.1 Å². The fourth-order valence-corrected chi connectivity index (χ4v) is 2.31. The van der Waals surface area contributed by atoms with Gasteiger partial charge in [-0.2, -0.15) is 13.2 Å². The summed E-state index contributed by atoms with van der Waals surface area (Å²) >= 11 is 0. The van der Waals surface area contributed by atoms with Crippen LogP contribution in [-0.4, -0.2) is 16.9 Å². The van der Waals surface area contributed by atoms with Crippen molar-refractivity contribution in [2.24, 2.45) is 5.92 Å². The Morgan fingerprint density at radius 3 is 2.04 bits per heavy atom. The Balaban J connectivity index is 2.32. The lowest BCUT2D eigenvalue weighted by Crippen LogP contribution is -2.19. The van der Waals surface area contributed by atoms with Crippen molar-refractivity contribution < 1.29 is 27.9 Å². The molecule has 0 spiro atoms. The summed E-state index contributed by atoms with van der Waals surface area (Å²) in [6.45, 7) is 1.46. The van der Waals surface area contributed by atoms with Crippen LogP contribution in [0.4, 0.5) is 13.2 Å². The van der Waals surface area contributed by atoms with E-state index in [2.05, 4.69) is 0 Å². The molecule has 0 bridgehead atoms. The van der Waals surface area contributed by atoms with Crippen LogP contribution in [0.15, 0.2) is 60.2 Å². The number of hydrogen-bond donors (Lipinski definition) is 1. The molecule has 0 aliphatic rings. The number of ketones is 1. The Kier molecular flexibility index (Phi) is 5.41. The maximum atomic E-state index is 12.6. The summed E-state index contributed by atoms with van der Waals surface area (Å²) in [5.41, 5.74) is -0.365. The van der Waals surface area contributed by atoms with Gasteiger partial charge in [0.05, 0.1) is 11.5 Å². The predicted octanol–water partition coefficient (Wildman–Crippen LogP) is 4.69. The number of rotatable bonds is 5. The molecule has 0 radical (unpaired) electrons. The molecular formula is C19H15F3O3. The Hall–Kier alpha value is -2.89. The normalized spacial score (nSPS) is 13.4. The van der Waals surface area contributed by atoms with Gasteiger partial charge < -0.3 is 5.11 Å². The summed E-state index contributed by atoms with van der Waals surface area (Å²) in [6, 6.07) is 12.3. The lowest BCUT2D eigenvalue weighted by atomic mass is 9.90. The van der Waals surface area contributed by atoms with Crippen molar-refractivity contribution in [2.45, 2.75) is 13.1 Å². The van der Waals surface area contributed by atoms with Crippen LogP contribution in [0.2, 0.25) is 0 Å². The molecule has 130 valence electrons. The first kappa shape index (κ1) is 18.4. The number of carboxylic acids is 1. The van der Waals surface area contributed by atoms with Crippen LogP contribution >= 0.6 is 0 Å². The van der Waals surface area contributed by atoms with Crippen molar-refractivity contribution in [2.75, 3.05) is 0 Å². The van der Waals surface area contributed by atoms with E-state index in [1.54, 1.807) is 30.3 Å². The van der Waals surface area contributed by atoms with Gasteiger partial charge in [0.2, 0.25) is 0 Å². The number of carbonyl (C=O) groups is 2. The summed E-state index contributed by atoms with van der Waals surface area (Å²) < 4.78 is 37.7. The van der Waals surface area contributed by atoms with Crippen LogP contribution in [0, 0.1) is 5.92 Å². The van der Waals surface area contributed by atoms with Gasteiger partial charge in [0.15, 0.2) is 5.78 Å². The van der Waals surface area contributed by atoms with Crippen LogP contribution in [0.25, 0.3) is 6.08 Å². The van der Waals surface area contributed by atoms with Crippen molar-refractivity contribution in [3.8, 4) is 0 Å². The van der Waals surface area contributed by atoms with Crippen molar-refractivity contribution in [1.29, 1.82) is 0 Å². The lowest BCUT2D eigenvalue weighted by Gasteiger charge is -2.12. The topological polar surface area (TPSA) is 54.4 Å². The smallest absolute Gasteiger partial charge is 0.416 e. The molecule has 0 amide bonds. The monoisotopic (exact) mass is 348 g/mol. The van der Waals surface area contributed by atoms with Gasteiger partial charge in [-0.05, 0) is 23.8 Å². The number of carbonyl (C=O) groups excluding carboxylic acids is 1. The zero-order valence-corrected chi connectivity index (χ0v) is 13.2. The fraction of sp³-hybridized carbons (Fsp3) is 0.158. The van der Waals surface area contributed by atoms with Gasteiger partial charge in [0.25, 0.3) is 0 Å². The zero-order chi connectivity index (χ0) is 18.6. The third-order valence-corrected chi connectivity index (χ3v) is 3.73. The summed E-state index contributed by atoms with van der Waals surface area (Å²) in [6.07, 6.45) is -3.25. The van der Waals surface area contributed by atoms with Crippen molar-refractivity contribution in [3.05, 3.63) is 76.9 Å². The quantitative estimate of drug-likeness (QED) is 0.630. The number of carboxylic acid groups (broad SMARTS) is 1. The van der Waals surface area contributed by atoms with E-state index in [1.165, 1.54) is 25.1 Å². The minimum Gasteiger partial charge on any atom is -0.478 e. The number of aliphatic carboxylic acids is 1. The largest absolute Gasteiger partial charge is 0.478 e. The number of Topliss-reactive ketones (excluding diaryl/α,β-unsaturated/α-hetero) is 1. The third kappa shape index (κ3) is 4.56. The number of benzene rings is 2. The van der Waals surface area contributed by atoms with E-state index in [9.17, 15) is 27.9 Å². The minimum atomic E-state index is -4.46. The van der Waals surface area contributed by atoms with Crippen LogP contribution < -0.4 is 0 Å². The number of halogens is 3. The van der Waals surface area contributed by atoms with E-state index < -0.39 is 23.6 Å². The average Bonchev–Trinajstić information content (AvgIpc) is 2.58. The molecule has 2 aromatic carbocycles. The Morgan fingerprint density at radius 2 is 1.56 bits per heavy atom. The summed E-state index contributed by atoms with van der Waals surface area (Å²) in [4.78, 5) is 23.9. The molecular weight excluding hydrogens is 333 g/mol. The molecule has 0 saturated carbocycles. The van der Waals surface area contributed by atoms with Crippen molar-refractivity contribution >= 4 is 17.8 Å². The average molecular weight is 348 g/mol. The molecule has 0 fully saturated rings. The van der Waals surface area contributed by atoms with Gasteiger partial charge in [0, 0.05) is 11.1 Å². The Morgan fingerprint density at radius 1 is 1.00 bits per heavy atom. The number of alkyl halides is 3. The molecule has 2 rings (SSSR count). The second-order valence-electron chi connectivity index (χ2n) is 5.48. The second-order valence-corrected chi connectivity index (χ2v) is 5.48. The van der Waals surface area contributed by atoms with Crippen LogP contribution in [0.5, 0.6) is 0 Å². The van der Waals surface area contributed by atoms with Gasteiger partial charge >= 0.3 is 12.1 Å². The molecule has 0 aromatic heterocycles. The minimum absolute atomic E-state index is 0.186. The second kappa shape index (κ2) is 7.34. The van der Waals surface area contributed by atoms with E-state index in [-0.39, 0.29) is 16.9 Å². The van der Waals surface area contributed by atoms with Crippen LogP contribution in [0.3, 0.4) is 0 Å². The highest BCUT2D eigenvalue weighted by Gasteiger charge is 2.30. The van der Waals surface area contributed by atoms with Crippen LogP contribution in [0.1, 0.15) is 28.4 Å². The standard InChI is InChI=1S/C19H15F3O3/c1-12(17(23)14-5-3-2-4-6-14)16(18(24)25)11-13-7-9-15(10-8-13)19(20,21)22/h2-12H,1H3,(H,24,25)/b16-11+. The van der Waals surface area contributed by atoms with Crippen LogP contribution in [-0.2, 0) is 11.0 Å². The van der Waals surface area contributed by atoms with Gasteiger partial charge in [-0.25, -0.2) is 4.79 Å². The molecule has 1 atom stereocenters. The van der Waals surface area contributed by atoms with Crippen molar-refractivity contribution in [1.82, 2.24) is 0 Å². The Bertz CT molecular complexity index is 791.